The summed E-state index contributed by atoms with van der Waals surface area (Å²) in [5, 5.41) is 0. The van der Waals surface area contributed by atoms with E-state index in [1.807, 2.05) is 18.2 Å². The highest BCUT2D eigenvalue weighted by molar-refractivity contribution is 6.50. The molecule has 1 heterocycles. The SMILES string of the molecule is C=CCN(CC=C)B1CC=CO1. The van der Waals surface area contributed by atoms with Crippen molar-refractivity contribution in [2.75, 3.05) is 13.1 Å². The molecule has 0 spiro atoms. The Balaban J connectivity index is 2.40. The summed E-state index contributed by atoms with van der Waals surface area (Å²) in [7, 11) is 0.181. The zero-order valence-electron chi connectivity index (χ0n) is 7.28. The highest BCUT2D eigenvalue weighted by atomic mass is 16.4. The molecule has 0 bridgehead atoms. The molecular weight excluding hydrogens is 149 g/mol. The maximum atomic E-state index is 5.37. The average Bonchev–Trinajstić information content (AvgIpc) is 2.56. The highest BCUT2D eigenvalue weighted by Crippen LogP contribution is 2.10. The summed E-state index contributed by atoms with van der Waals surface area (Å²) < 4.78 is 5.37. The Morgan fingerprint density at radius 3 is 2.50 bits per heavy atom. The summed E-state index contributed by atoms with van der Waals surface area (Å²) in [6.45, 7) is 9.10. The first kappa shape index (κ1) is 9.14. The molecule has 0 saturated heterocycles. The van der Waals surface area contributed by atoms with E-state index in [1.54, 1.807) is 6.26 Å². The van der Waals surface area contributed by atoms with Crippen LogP contribution < -0.4 is 0 Å². The molecule has 0 radical (unpaired) electrons. The predicted octanol–water partition coefficient (Wildman–Crippen LogP) is 1.69. The minimum absolute atomic E-state index is 0.181. The van der Waals surface area contributed by atoms with Crippen LogP contribution in [-0.2, 0) is 4.65 Å². The lowest BCUT2D eigenvalue weighted by atomic mass is 9.77. The van der Waals surface area contributed by atoms with E-state index in [0.29, 0.717) is 0 Å². The fraction of sp³-hybridized carbons (Fsp3) is 0.333. The topological polar surface area (TPSA) is 12.5 Å². The third-order valence-electron chi connectivity index (χ3n) is 1.80. The molecule has 0 aromatic heterocycles. The molecule has 0 unspecified atom stereocenters. The largest absolute Gasteiger partial charge is 0.552 e. The van der Waals surface area contributed by atoms with Gasteiger partial charge in [0.15, 0.2) is 0 Å². The van der Waals surface area contributed by atoms with E-state index in [0.717, 1.165) is 19.4 Å². The van der Waals surface area contributed by atoms with Gasteiger partial charge in [0.1, 0.15) is 0 Å². The van der Waals surface area contributed by atoms with E-state index < -0.39 is 0 Å². The molecule has 0 atom stereocenters. The summed E-state index contributed by atoms with van der Waals surface area (Å²) in [5.41, 5.74) is 0. The van der Waals surface area contributed by atoms with E-state index in [9.17, 15) is 0 Å². The van der Waals surface area contributed by atoms with Gasteiger partial charge in [0.25, 0.3) is 0 Å². The van der Waals surface area contributed by atoms with Crippen LogP contribution in [0, 0.1) is 0 Å². The van der Waals surface area contributed by atoms with Crippen LogP contribution in [0.4, 0.5) is 0 Å². The van der Waals surface area contributed by atoms with Gasteiger partial charge in [0.05, 0.1) is 6.26 Å². The van der Waals surface area contributed by atoms with Crippen LogP contribution in [0.5, 0.6) is 0 Å². The minimum Gasteiger partial charge on any atom is -0.552 e. The molecule has 0 N–H and O–H groups in total. The van der Waals surface area contributed by atoms with Crippen LogP contribution in [-0.4, -0.2) is 25.0 Å². The zero-order valence-corrected chi connectivity index (χ0v) is 7.28. The summed E-state index contributed by atoms with van der Waals surface area (Å²) in [5.74, 6) is 0. The predicted molar refractivity (Wildman–Crippen MR) is 52.8 cm³/mol. The maximum absolute atomic E-state index is 5.37. The molecule has 0 amide bonds. The van der Waals surface area contributed by atoms with Crippen LogP contribution in [0.1, 0.15) is 0 Å². The molecule has 0 aliphatic carbocycles. The van der Waals surface area contributed by atoms with Crippen LogP contribution in [0.25, 0.3) is 0 Å². The smallest absolute Gasteiger partial charge is 0.453 e. The summed E-state index contributed by atoms with van der Waals surface area (Å²) in [4.78, 5) is 2.18. The minimum atomic E-state index is 0.181. The second kappa shape index (κ2) is 4.83. The maximum Gasteiger partial charge on any atom is 0.453 e. The van der Waals surface area contributed by atoms with Crippen molar-refractivity contribution in [2.24, 2.45) is 0 Å². The third kappa shape index (κ3) is 2.27. The fourth-order valence-electron chi connectivity index (χ4n) is 1.25. The van der Waals surface area contributed by atoms with Crippen molar-refractivity contribution in [3.8, 4) is 0 Å². The lowest BCUT2D eigenvalue weighted by Crippen LogP contribution is -2.39. The van der Waals surface area contributed by atoms with Gasteiger partial charge in [-0.05, 0) is 0 Å². The van der Waals surface area contributed by atoms with Crippen LogP contribution in [0.3, 0.4) is 0 Å². The first-order chi connectivity index (χ1) is 5.88. The van der Waals surface area contributed by atoms with Gasteiger partial charge in [-0.2, -0.15) is 0 Å². The van der Waals surface area contributed by atoms with Gasteiger partial charge in [0, 0.05) is 19.4 Å². The van der Waals surface area contributed by atoms with Crippen molar-refractivity contribution in [3.05, 3.63) is 37.6 Å². The standard InChI is InChI=1S/C9H14BNO/c1-3-7-11(8-4-2)10-6-5-9-12-10/h3-5,9H,1-2,6-8H2. The second-order valence-corrected chi connectivity index (χ2v) is 2.73. The molecule has 0 fully saturated rings. The number of hydrogen-bond donors (Lipinski definition) is 0. The van der Waals surface area contributed by atoms with Crippen molar-refractivity contribution in [2.45, 2.75) is 6.32 Å². The molecule has 0 aromatic rings. The Kier molecular flexibility index (Phi) is 3.68. The third-order valence-corrected chi connectivity index (χ3v) is 1.80. The molecule has 1 aliphatic rings. The number of allylic oxidation sites excluding steroid dienone is 1. The molecule has 1 aliphatic heterocycles. The van der Waals surface area contributed by atoms with E-state index in [-0.39, 0.29) is 7.05 Å². The number of hydrogen-bond acceptors (Lipinski definition) is 2. The molecule has 0 saturated carbocycles. The number of rotatable bonds is 5. The Bertz CT molecular complexity index is 173. The van der Waals surface area contributed by atoms with Crippen LogP contribution in [0.15, 0.2) is 37.6 Å². The van der Waals surface area contributed by atoms with Gasteiger partial charge >= 0.3 is 7.05 Å². The molecular formula is C9H14BNO. The van der Waals surface area contributed by atoms with Crippen LogP contribution >= 0.6 is 0 Å². The first-order valence-corrected chi connectivity index (χ1v) is 4.14. The van der Waals surface area contributed by atoms with Gasteiger partial charge < -0.3 is 4.65 Å². The second-order valence-electron chi connectivity index (χ2n) is 2.73. The highest BCUT2D eigenvalue weighted by Gasteiger charge is 2.25. The average molecular weight is 163 g/mol. The summed E-state index contributed by atoms with van der Waals surface area (Å²) in [6.07, 6.45) is 8.51. The van der Waals surface area contributed by atoms with Gasteiger partial charge in [-0.15, -0.1) is 13.2 Å². The van der Waals surface area contributed by atoms with Crippen molar-refractivity contribution in [3.63, 3.8) is 0 Å². The Morgan fingerprint density at radius 1 is 1.42 bits per heavy atom. The monoisotopic (exact) mass is 163 g/mol. The molecule has 64 valence electrons. The molecule has 2 nitrogen and oxygen atoms in total. The lowest BCUT2D eigenvalue weighted by molar-refractivity contribution is 0.396. The molecule has 3 heteroatoms. The van der Waals surface area contributed by atoms with Crippen molar-refractivity contribution in [1.82, 2.24) is 4.81 Å². The quantitative estimate of drug-likeness (QED) is 0.451. The van der Waals surface area contributed by atoms with E-state index in [2.05, 4.69) is 18.0 Å². The van der Waals surface area contributed by atoms with Gasteiger partial charge in [0.2, 0.25) is 0 Å². The van der Waals surface area contributed by atoms with E-state index >= 15 is 0 Å². The number of nitrogens with zero attached hydrogens (tertiary/aromatic N) is 1. The van der Waals surface area contributed by atoms with Crippen molar-refractivity contribution >= 4 is 7.05 Å². The van der Waals surface area contributed by atoms with Crippen LogP contribution in [0.2, 0.25) is 6.32 Å². The Labute approximate surface area is 74.3 Å². The lowest BCUT2D eigenvalue weighted by Gasteiger charge is -2.21. The summed E-state index contributed by atoms with van der Waals surface area (Å²) >= 11 is 0. The Morgan fingerprint density at radius 2 is 2.08 bits per heavy atom. The Hall–Kier alpha value is -0.955. The van der Waals surface area contributed by atoms with E-state index in [4.69, 9.17) is 4.65 Å². The van der Waals surface area contributed by atoms with E-state index in [1.165, 1.54) is 0 Å². The van der Waals surface area contributed by atoms with Crippen molar-refractivity contribution < 1.29 is 4.65 Å². The normalized spacial score (nSPS) is 14.9. The van der Waals surface area contributed by atoms with Gasteiger partial charge in [-0.1, -0.05) is 18.2 Å². The summed E-state index contributed by atoms with van der Waals surface area (Å²) in [6, 6.07) is 0. The fourth-order valence-corrected chi connectivity index (χ4v) is 1.25. The molecule has 0 aromatic carbocycles. The van der Waals surface area contributed by atoms with Gasteiger partial charge in [-0.25, -0.2) is 0 Å². The molecule has 12 heavy (non-hydrogen) atoms. The van der Waals surface area contributed by atoms with Gasteiger partial charge in [-0.3, -0.25) is 4.81 Å². The molecule has 1 rings (SSSR count). The zero-order chi connectivity index (χ0) is 8.81. The first-order valence-electron chi connectivity index (χ1n) is 4.14. The van der Waals surface area contributed by atoms with Crippen molar-refractivity contribution in [1.29, 1.82) is 0 Å².